The molecule has 0 saturated carbocycles. The second-order valence-corrected chi connectivity index (χ2v) is 5.84. The maximum atomic E-state index is 13.2. The van der Waals surface area contributed by atoms with E-state index >= 15 is 0 Å². The summed E-state index contributed by atoms with van der Waals surface area (Å²) in [7, 11) is 0. The maximum absolute atomic E-state index is 13.2. The van der Waals surface area contributed by atoms with Gasteiger partial charge in [0.25, 0.3) is 0 Å². The number of likely N-dealkylation sites (tertiary alicyclic amines) is 1. The average Bonchev–Trinajstić information content (AvgIpc) is 2.74. The number of benzene rings is 1. The Balaban J connectivity index is 1.90. The molecular formula is C15H18FNO2. The van der Waals surface area contributed by atoms with E-state index < -0.39 is 5.60 Å². The molecule has 1 aromatic carbocycles. The lowest BCUT2D eigenvalue weighted by Gasteiger charge is -2.35. The third-order valence-corrected chi connectivity index (χ3v) is 4.13. The molecule has 0 radical (unpaired) electrons. The minimum atomic E-state index is -0.411. The molecule has 0 bridgehead atoms. The van der Waals surface area contributed by atoms with Crippen molar-refractivity contribution >= 4 is 5.78 Å². The van der Waals surface area contributed by atoms with Crippen molar-refractivity contribution < 1.29 is 13.9 Å². The van der Waals surface area contributed by atoms with Crippen molar-refractivity contribution in [1.82, 2.24) is 4.90 Å². The molecule has 1 saturated heterocycles. The molecule has 4 heteroatoms. The van der Waals surface area contributed by atoms with Gasteiger partial charge in [-0.05, 0) is 32.0 Å². The molecule has 1 atom stereocenters. The molecule has 3 rings (SSSR count). The van der Waals surface area contributed by atoms with E-state index in [2.05, 4.69) is 18.7 Å². The Labute approximate surface area is 112 Å². The Kier molecular flexibility index (Phi) is 2.86. The number of carbonyl (C=O) groups excluding carboxylic acids is 1. The van der Waals surface area contributed by atoms with Crippen LogP contribution >= 0.6 is 0 Å². The summed E-state index contributed by atoms with van der Waals surface area (Å²) in [4.78, 5) is 14.5. The van der Waals surface area contributed by atoms with Crippen LogP contribution < -0.4 is 4.74 Å². The van der Waals surface area contributed by atoms with E-state index in [1.807, 2.05) is 0 Å². The van der Waals surface area contributed by atoms with E-state index in [-0.39, 0.29) is 11.6 Å². The number of fused-ring (bicyclic) bond motifs is 1. The largest absolute Gasteiger partial charge is 0.485 e. The number of carbonyl (C=O) groups is 1. The summed E-state index contributed by atoms with van der Waals surface area (Å²) in [6, 6.07) is 4.65. The normalized spacial score (nSPS) is 26.8. The number of nitrogens with zero attached hydrogens (tertiary/aromatic N) is 1. The van der Waals surface area contributed by atoms with Crippen molar-refractivity contribution in [3.63, 3.8) is 0 Å². The van der Waals surface area contributed by atoms with E-state index in [0.29, 0.717) is 23.8 Å². The Bertz CT molecular complexity index is 529. The highest BCUT2D eigenvalue weighted by Crippen LogP contribution is 2.39. The second kappa shape index (κ2) is 4.30. The maximum Gasteiger partial charge on any atom is 0.170 e. The van der Waals surface area contributed by atoms with E-state index in [1.54, 1.807) is 6.07 Å². The number of hydrogen-bond donors (Lipinski definition) is 0. The summed E-state index contributed by atoms with van der Waals surface area (Å²) in [6.45, 7) is 6.01. The Morgan fingerprint density at radius 1 is 1.42 bits per heavy atom. The van der Waals surface area contributed by atoms with Gasteiger partial charge < -0.3 is 4.74 Å². The fraction of sp³-hybridized carbons (Fsp3) is 0.533. The first-order chi connectivity index (χ1) is 8.99. The van der Waals surface area contributed by atoms with Gasteiger partial charge in [0.15, 0.2) is 5.78 Å². The molecule has 1 unspecified atom stereocenters. The number of ketones is 1. The van der Waals surface area contributed by atoms with Gasteiger partial charge >= 0.3 is 0 Å². The van der Waals surface area contributed by atoms with Crippen molar-refractivity contribution in [2.24, 2.45) is 0 Å². The number of rotatable bonds is 1. The first-order valence-corrected chi connectivity index (χ1v) is 6.75. The quantitative estimate of drug-likeness (QED) is 0.780. The topological polar surface area (TPSA) is 29.5 Å². The van der Waals surface area contributed by atoms with Crippen LogP contribution in [0.25, 0.3) is 0 Å². The lowest BCUT2D eigenvalue weighted by Crippen LogP contribution is -2.45. The molecule has 1 aromatic rings. The van der Waals surface area contributed by atoms with Gasteiger partial charge in [0.05, 0.1) is 12.0 Å². The van der Waals surface area contributed by atoms with Crippen LogP contribution in [0.2, 0.25) is 0 Å². The van der Waals surface area contributed by atoms with Crippen molar-refractivity contribution in [2.75, 3.05) is 13.1 Å². The zero-order valence-electron chi connectivity index (χ0n) is 11.3. The molecule has 1 spiro atoms. The number of hydrogen-bond acceptors (Lipinski definition) is 3. The van der Waals surface area contributed by atoms with Crippen LogP contribution in [-0.4, -0.2) is 35.4 Å². The van der Waals surface area contributed by atoms with Crippen LogP contribution in [0, 0.1) is 5.82 Å². The monoisotopic (exact) mass is 263 g/mol. The standard InChI is InChI=1S/C15H18FNO2/c1-10(2)17-6-5-15(9-17)8-13(18)12-7-11(16)3-4-14(12)19-15/h3-4,7,10H,5-6,8-9H2,1-2H3. The van der Waals surface area contributed by atoms with Crippen LogP contribution in [0.3, 0.4) is 0 Å². The molecule has 0 aliphatic carbocycles. The smallest absolute Gasteiger partial charge is 0.170 e. The van der Waals surface area contributed by atoms with E-state index in [9.17, 15) is 9.18 Å². The van der Waals surface area contributed by atoms with Crippen molar-refractivity contribution in [3.05, 3.63) is 29.6 Å². The van der Waals surface area contributed by atoms with Gasteiger partial charge in [0.1, 0.15) is 17.2 Å². The minimum Gasteiger partial charge on any atom is -0.485 e. The molecule has 0 N–H and O–H groups in total. The predicted molar refractivity (Wildman–Crippen MR) is 70.0 cm³/mol. The zero-order chi connectivity index (χ0) is 13.6. The highest BCUT2D eigenvalue weighted by Gasteiger charge is 2.46. The molecule has 2 heterocycles. The van der Waals surface area contributed by atoms with Gasteiger partial charge in [0.2, 0.25) is 0 Å². The molecule has 1 fully saturated rings. The predicted octanol–water partition coefficient (Wildman–Crippen LogP) is 2.64. The summed E-state index contributed by atoms with van der Waals surface area (Å²) in [5.74, 6) is 0.136. The van der Waals surface area contributed by atoms with Crippen LogP contribution in [0.5, 0.6) is 5.75 Å². The van der Waals surface area contributed by atoms with Crippen molar-refractivity contribution in [3.8, 4) is 5.75 Å². The number of ether oxygens (including phenoxy) is 1. The second-order valence-electron chi connectivity index (χ2n) is 5.84. The van der Waals surface area contributed by atoms with Gasteiger partial charge in [-0.3, -0.25) is 9.69 Å². The first-order valence-electron chi connectivity index (χ1n) is 6.75. The molecule has 19 heavy (non-hydrogen) atoms. The molecule has 3 nitrogen and oxygen atoms in total. The van der Waals surface area contributed by atoms with Gasteiger partial charge in [-0.1, -0.05) is 0 Å². The fourth-order valence-electron chi connectivity index (χ4n) is 3.01. The van der Waals surface area contributed by atoms with E-state index in [4.69, 9.17) is 4.74 Å². The van der Waals surface area contributed by atoms with E-state index in [0.717, 1.165) is 19.5 Å². The lowest BCUT2D eigenvalue weighted by atomic mass is 9.89. The minimum absolute atomic E-state index is 0.00800. The molecule has 0 amide bonds. The summed E-state index contributed by atoms with van der Waals surface area (Å²) in [5, 5.41) is 0. The first kappa shape index (κ1) is 12.6. The number of halogens is 1. The summed E-state index contributed by atoms with van der Waals surface area (Å²) < 4.78 is 19.2. The van der Waals surface area contributed by atoms with Crippen LogP contribution in [0.15, 0.2) is 18.2 Å². The third kappa shape index (κ3) is 2.14. The third-order valence-electron chi connectivity index (χ3n) is 4.13. The van der Waals surface area contributed by atoms with E-state index in [1.165, 1.54) is 12.1 Å². The van der Waals surface area contributed by atoms with Crippen LogP contribution in [0.4, 0.5) is 4.39 Å². The Morgan fingerprint density at radius 3 is 2.89 bits per heavy atom. The van der Waals surface area contributed by atoms with Crippen molar-refractivity contribution in [1.29, 1.82) is 0 Å². The highest BCUT2D eigenvalue weighted by molar-refractivity contribution is 6.00. The van der Waals surface area contributed by atoms with Crippen LogP contribution in [0.1, 0.15) is 37.0 Å². The molecule has 102 valence electrons. The molecular weight excluding hydrogens is 245 g/mol. The molecule has 2 aliphatic heterocycles. The summed E-state index contributed by atoms with van der Waals surface area (Å²) in [5.41, 5.74) is -0.0275. The molecule has 2 aliphatic rings. The van der Waals surface area contributed by atoms with Gasteiger partial charge in [0, 0.05) is 25.6 Å². The average molecular weight is 263 g/mol. The molecule has 0 aromatic heterocycles. The zero-order valence-corrected chi connectivity index (χ0v) is 11.3. The van der Waals surface area contributed by atoms with Crippen LogP contribution in [-0.2, 0) is 0 Å². The van der Waals surface area contributed by atoms with Gasteiger partial charge in [-0.15, -0.1) is 0 Å². The Hall–Kier alpha value is -1.42. The number of Topliss-reactive ketones (excluding diaryl/α,β-unsaturated/α-hetero) is 1. The summed E-state index contributed by atoms with van der Waals surface area (Å²) in [6.07, 6.45) is 1.21. The SMILES string of the molecule is CC(C)N1CCC2(CC(=O)c3cc(F)ccc3O2)C1. The van der Waals surface area contributed by atoms with Gasteiger partial charge in [-0.2, -0.15) is 0 Å². The summed E-state index contributed by atoms with van der Waals surface area (Å²) >= 11 is 0. The Morgan fingerprint density at radius 2 is 2.21 bits per heavy atom. The lowest BCUT2D eigenvalue weighted by molar-refractivity contribution is 0.0436. The highest BCUT2D eigenvalue weighted by atomic mass is 19.1. The van der Waals surface area contributed by atoms with Crippen molar-refractivity contribution in [2.45, 2.75) is 38.3 Å². The fourth-order valence-corrected chi connectivity index (χ4v) is 3.01. The van der Waals surface area contributed by atoms with Gasteiger partial charge in [-0.25, -0.2) is 4.39 Å².